The van der Waals surface area contributed by atoms with Crippen molar-refractivity contribution in [3.63, 3.8) is 0 Å². The summed E-state index contributed by atoms with van der Waals surface area (Å²) in [6, 6.07) is 7.96. The number of carbonyl (C=O) groups is 1. The lowest BCUT2D eigenvalue weighted by Gasteiger charge is -2.22. The highest BCUT2D eigenvalue weighted by molar-refractivity contribution is 7.91. The third-order valence-corrected chi connectivity index (χ3v) is 5.09. The molecule has 0 aromatic heterocycles. The van der Waals surface area contributed by atoms with Gasteiger partial charge in [0.25, 0.3) is 5.91 Å². The lowest BCUT2D eigenvalue weighted by Crippen LogP contribution is -2.38. The van der Waals surface area contributed by atoms with E-state index >= 15 is 0 Å². The maximum absolute atomic E-state index is 12.3. The van der Waals surface area contributed by atoms with Crippen molar-refractivity contribution in [3.05, 3.63) is 30.3 Å². The normalized spacial score (nSPS) is 19.1. The molecule has 1 aromatic carbocycles. The van der Waals surface area contributed by atoms with Crippen molar-refractivity contribution in [1.82, 2.24) is 4.90 Å². The molecule has 0 saturated carbocycles. The number of amides is 1. The number of rotatable bonds is 3. The van der Waals surface area contributed by atoms with Crippen molar-refractivity contribution in [1.29, 1.82) is 0 Å². The van der Waals surface area contributed by atoms with Crippen LogP contribution in [0, 0.1) is 12.3 Å². The van der Waals surface area contributed by atoms with Gasteiger partial charge in [0.05, 0.1) is 10.6 Å². The Hall–Kier alpha value is -1.80. The molecule has 4 nitrogen and oxygen atoms in total. The third kappa shape index (κ3) is 2.96. The summed E-state index contributed by atoms with van der Waals surface area (Å²) in [6.45, 7) is 0.540. The fourth-order valence-corrected chi connectivity index (χ4v) is 3.95. The zero-order chi connectivity index (χ0) is 13.9. The van der Waals surface area contributed by atoms with Crippen LogP contribution in [-0.2, 0) is 14.6 Å². The van der Waals surface area contributed by atoms with Gasteiger partial charge in [0.1, 0.15) is 0 Å². The van der Waals surface area contributed by atoms with Crippen LogP contribution in [0.15, 0.2) is 35.2 Å². The second-order valence-electron chi connectivity index (χ2n) is 4.53. The Balaban J connectivity index is 2.17. The van der Waals surface area contributed by atoms with Gasteiger partial charge in [-0.05, 0) is 30.9 Å². The quantitative estimate of drug-likeness (QED) is 0.777. The van der Waals surface area contributed by atoms with Crippen LogP contribution < -0.4 is 0 Å². The number of hydrogen-bond acceptors (Lipinski definition) is 3. The molecule has 1 atom stereocenters. The van der Waals surface area contributed by atoms with Crippen molar-refractivity contribution in [2.75, 3.05) is 12.3 Å². The molecule has 0 N–H and O–H groups in total. The van der Waals surface area contributed by atoms with Crippen molar-refractivity contribution < 1.29 is 13.2 Å². The molecule has 19 heavy (non-hydrogen) atoms. The number of hydrogen-bond donors (Lipinski definition) is 0. The van der Waals surface area contributed by atoms with Gasteiger partial charge in [0.2, 0.25) is 0 Å². The van der Waals surface area contributed by atoms with Gasteiger partial charge < -0.3 is 4.90 Å². The van der Waals surface area contributed by atoms with Crippen LogP contribution in [0.2, 0.25) is 0 Å². The molecule has 0 spiro atoms. The summed E-state index contributed by atoms with van der Waals surface area (Å²) < 4.78 is 24.5. The lowest BCUT2D eigenvalue weighted by molar-refractivity contribution is -0.125. The molecule has 1 aliphatic heterocycles. The van der Waals surface area contributed by atoms with E-state index in [1.54, 1.807) is 30.3 Å². The molecule has 1 unspecified atom stereocenters. The van der Waals surface area contributed by atoms with Crippen LogP contribution in [0.1, 0.15) is 12.8 Å². The molecule has 1 aromatic rings. The largest absolute Gasteiger partial charge is 0.328 e. The molecule has 5 heteroatoms. The van der Waals surface area contributed by atoms with Crippen LogP contribution in [0.25, 0.3) is 0 Å². The molecule has 1 heterocycles. The first kappa shape index (κ1) is 13.6. The van der Waals surface area contributed by atoms with E-state index < -0.39 is 15.7 Å². The second kappa shape index (κ2) is 5.45. The molecule has 2 rings (SSSR count). The molecule has 1 saturated heterocycles. The highest BCUT2D eigenvalue weighted by Crippen LogP contribution is 2.21. The molecule has 0 bridgehead atoms. The van der Waals surface area contributed by atoms with E-state index in [2.05, 4.69) is 5.92 Å². The highest BCUT2D eigenvalue weighted by Gasteiger charge is 2.32. The average Bonchev–Trinajstić information content (AvgIpc) is 2.86. The summed E-state index contributed by atoms with van der Waals surface area (Å²) in [5, 5.41) is 0. The summed E-state index contributed by atoms with van der Waals surface area (Å²) in [7, 11) is -3.38. The number of carbonyl (C=O) groups excluding carboxylic acids is 1. The highest BCUT2D eigenvalue weighted by atomic mass is 32.2. The molecule has 0 aliphatic carbocycles. The first-order chi connectivity index (χ1) is 9.04. The molecular weight excluding hydrogens is 262 g/mol. The van der Waals surface area contributed by atoms with Crippen LogP contribution in [0.4, 0.5) is 0 Å². The number of likely N-dealkylation sites (tertiary alicyclic amines) is 1. The Labute approximate surface area is 113 Å². The molecule has 0 radical (unpaired) electrons. The SMILES string of the molecule is C#CC(=O)N1CCCC1CS(=O)(=O)c1ccccc1. The van der Waals surface area contributed by atoms with Crippen LogP contribution >= 0.6 is 0 Å². The zero-order valence-electron chi connectivity index (χ0n) is 10.5. The van der Waals surface area contributed by atoms with Gasteiger partial charge in [-0.15, -0.1) is 6.42 Å². The maximum atomic E-state index is 12.3. The minimum absolute atomic E-state index is 0.0650. The molecule has 1 aliphatic rings. The number of benzene rings is 1. The molecular formula is C14H15NO3S. The van der Waals surface area contributed by atoms with Gasteiger partial charge in [-0.25, -0.2) is 8.42 Å². The van der Waals surface area contributed by atoms with Crippen molar-refractivity contribution in [3.8, 4) is 12.3 Å². The van der Waals surface area contributed by atoms with Gasteiger partial charge in [-0.3, -0.25) is 4.79 Å². The smallest absolute Gasteiger partial charge is 0.298 e. The molecule has 1 amide bonds. The van der Waals surface area contributed by atoms with Crippen LogP contribution in [-0.4, -0.2) is 37.6 Å². The van der Waals surface area contributed by atoms with Crippen LogP contribution in [0.3, 0.4) is 0 Å². The van der Waals surface area contributed by atoms with E-state index in [0.29, 0.717) is 13.0 Å². The van der Waals surface area contributed by atoms with Crippen molar-refractivity contribution in [2.24, 2.45) is 0 Å². The van der Waals surface area contributed by atoms with Gasteiger partial charge in [0, 0.05) is 12.6 Å². The Morgan fingerprint density at radius 1 is 1.37 bits per heavy atom. The summed E-state index contributed by atoms with van der Waals surface area (Å²) in [5.41, 5.74) is 0. The van der Waals surface area contributed by atoms with Gasteiger partial charge >= 0.3 is 0 Å². The zero-order valence-corrected chi connectivity index (χ0v) is 11.3. The lowest BCUT2D eigenvalue weighted by atomic mass is 10.2. The maximum Gasteiger partial charge on any atom is 0.298 e. The molecule has 100 valence electrons. The Bertz CT molecular complexity index is 601. The van der Waals surface area contributed by atoms with Crippen molar-refractivity contribution in [2.45, 2.75) is 23.8 Å². The average molecular weight is 277 g/mol. The summed E-state index contributed by atoms with van der Waals surface area (Å²) in [6.07, 6.45) is 6.57. The number of nitrogens with zero attached hydrogens (tertiary/aromatic N) is 1. The van der Waals surface area contributed by atoms with E-state index in [4.69, 9.17) is 6.42 Å². The van der Waals surface area contributed by atoms with Gasteiger partial charge in [-0.2, -0.15) is 0 Å². The minimum Gasteiger partial charge on any atom is -0.328 e. The van der Waals surface area contributed by atoms with E-state index in [1.165, 1.54) is 4.90 Å². The Morgan fingerprint density at radius 3 is 2.68 bits per heavy atom. The minimum atomic E-state index is -3.38. The topological polar surface area (TPSA) is 54.5 Å². The van der Waals surface area contributed by atoms with Gasteiger partial charge in [0.15, 0.2) is 9.84 Å². The predicted molar refractivity (Wildman–Crippen MR) is 72.1 cm³/mol. The van der Waals surface area contributed by atoms with E-state index in [9.17, 15) is 13.2 Å². The summed E-state index contributed by atoms with van der Waals surface area (Å²) >= 11 is 0. The fourth-order valence-electron chi connectivity index (χ4n) is 2.34. The fraction of sp³-hybridized carbons (Fsp3) is 0.357. The first-order valence-corrected chi connectivity index (χ1v) is 7.75. The Kier molecular flexibility index (Phi) is 3.91. The summed E-state index contributed by atoms with van der Waals surface area (Å²) in [5.74, 6) is 1.56. The van der Waals surface area contributed by atoms with Crippen LogP contribution in [0.5, 0.6) is 0 Å². The van der Waals surface area contributed by atoms with Gasteiger partial charge in [-0.1, -0.05) is 18.2 Å². The van der Waals surface area contributed by atoms with Crippen molar-refractivity contribution >= 4 is 15.7 Å². The van der Waals surface area contributed by atoms with E-state index in [-0.39, 0.29) is 16.7 Å². The number of sulfone groups is 1. The molecule has 1 fully saturated rings. The first-order valence-electron chi connectivity index (χ1n) is 6.09. The predicted octanol–water partition coefficient (Wildman–Crippen LogP) is 1.08. The monoisotopic (exact) mass is 277 g/mol. The standard InChI is InChI=1S/C14H15NO3S/c1-2-14(16)15-10-6-7-12(15)11-19(17,18)13-8-4-3-5-9-13/h1,3-5,8-9,12H,6-7,10-11H2. The second-order valence-corrected chi connectivity index (χ2v) is 6.57. The Morgan fingerprint density at radius 2 is 2.05 bits per heavy atom. The van der Waals surface area contributed by atoms with E-state index in [1.807, 2.05) is 0 Å². The third-order valence-electron chi connectivity index (χ3n) is 3.28. The number of terminal acetylenes is 1. The van der Waals surface area contributed by atoms with E-state index in [0.717, 1.165) is 6.42 Å². The summed E-state index contributed by atoms with van der Waals surface area (Å²) in [4.78, 5) is 13.3.